The minimum atomic E-state index is -4.00. The standard InChI is InChI=1S/C24H24ClN3O3S/c1-17-9-11-20(12-10-17)19(3)26-27-24(29)16-28(23-14-13-21(25)15-18(23)2)32(30,31)22-7-5-4-6-8-22/h4-15H,16H2,1-3H3,(H,27,29)/b26-19-. The van der Waals surface area contributed by atoms with Crippen LogP contribution in [0.3, 0.4) is 0 Å². The topological polar surface area (TPSA) is 78.8 Å². The van der Waals surface area contributed by atoms with Crippen LogP contribution in [0.25, 0.3) is 0 Å². The lowest BCUT2D eigenvalue weighted by Crippen LogP contribution is -2.40. The zero-order valence-electron chi connectivity index (χ0n) is 18.0. The van der Waals surface area contributed by atoms with Crippen LogP contribution in [0.15, 0.2) is 82.8 Å². The van der Waals surface area contributed by atoms with Gasteiger partial charge in [0.2, 0.25) is 0 Å². The third-order valence-electron chi connectivity index (χ3n) is 4.86. The zero-order valence-corrected chi connectivity index (χ0v) is 19.6. The van der Waals surface area contributed by atoms with E-state index in [1.54, 1.807) is 50.2 Å². The molecule has 0 aliphatic carbocycles. The maximum Gasteiger partial charge on any atom is 0.264 e. The first-order valence-electron chi connectivity index (χ1n) is 9.92. The summed E-state index contributed by atoms with van der Waals surface area (Å²) in [5.74, 6) is -0.565. The summed E-state index contributed by atoms with van der Waals surface area (Å²) in [4.78, 5) is 12.8. The van der Waals surface area contributed by atoms with Crippen molar-refractivity contribution in [3.05, 3.63) is 94.5 Å². The number of carbonyl (C=O) groups is 1. The Morgan fingerprint density at radius 2 is 1.66 bits per heavy atom. The molecule has 8 heteroatoms. The molecule has 0 aromatic heterocycles. The van der Waals surface area contributed by atoms with Gasteiger partial charge in [0.15, 0.2) is 0 Å². The van der Waals surface area contributed by atoms with Crippen LogP contribution in [0.1, 0.15) is 23.6 Å². The summed E-state index contributed by atoms with van der Waals surface area (Å²) in [6.45, 7) is 5.06. The van der Waals surface area contributed by atoms with Gasteiger partial charge in [0.05, 0.1) is 16.3 Å². The molecule has 3 rings (SSSR count). The molecule has 0 heterocycles. The van der Waals surface area contributed by atoms with Crippen molar-refractivity contribution in [1.29, 1.82) is 0 Å². The highest BCUT2D eigenvalue weighted by Crippen LogP contribution is 2.28. The molecule has 0 radical (unpaired) electrons. The van der Waals surface area contributed by atoms with Crippen LogP contribution in [0.2, 0.25) is 5.02 Å². The number of rotatable bonds is 7. The van der Waals surface area contributed by atoms with E-state index in [-0.39, 0.29) is 4.90 Å². The largest absolute Gasteiger partial charge is 0.271 e. The summed E-state index contributed by atoms with van der Waals surface area (Å²) in [6.07, 6.45) is 0. The first-order valence-corrected chi connectivity index (χ1v) is 11.7. The number of hydrogen-bond donors (Lipinski definition) is 1. The van der Waals surface area contributed by atoms with Crippen LogP contribution in [-0.4, -0.2) is 26.6 Å². The second-order valence-corrected chi connectivity index (χ2v) is 9.65. The minimum Gasteiger partial charge on any atom is -0.271 e. The Hall–Kier alpha value is -3.16. The van der Waals surface area contributed by atoms with E-state index in [1.165, 1.54) is 12.1 Å². The van der Waals surface area contributed by atoms with E-state index in [0.29, 0.717) is 22.0 Å². The molecule has 1 amide bonds. The normalized spacial score (nSPS) is 11.8. The first-order chi connectivity index (χ1) is 15.2. The molecule has 0 aliphatic rings. The lowest BCUT2D eigenvalue weighted by atomic mass is 10.1. The van der Waals surface area contributed by atoms with Crippen LogP contribution >= 0.6 is 11.6 Å². The van der Waals surface area contributed by atoms with Crippen molar-refractivity contribution >= 4 is 38.9 Å². The summed E-state index contributed by atoms with van der Waals surface area (Å²) in [5.41, 5.74) is 6.05. The van der Waals surface area contributed by atoms with E-state index in [0.717, 1.165) is 15.4 Å². The Labute approximate surface area is 193 Å². The van der Waals surface area contributed by atoms with Crippen LogP contribution in [0.4, 0.5) is 5.69 Å². The van der Waals surface area contributed by atoms with Crippen molar-refractivity contribution in [2.75, 3.05) is 10.8 Å². The Balaban J connectivity index is 1.89. The highest BCUT2D eigenvalue weighted by molar-refractivity contribution is 7.92. The van der Waals surface area contributed by atoms with Crippen LogP contribution in [0, 0.1) is 13.8 Å². The number of nitrogens with one attached hydrogen (secondary N) is 1. The molecule has 0 bridgehead atoms. The number of benzene rings is 3. The third-order valence-corrected chi connectivity index (χ3v) is 6.87. The third kappa shape index (κ3) is 5.55. The average Bonchev–Trinajstić information content (AvgIpc) is 2.77. The van der Waals surface area contributed by atoms with E-state index in [1.807, 2.05) is 31.2 Å². The van der Waals surface area contributed by atoms with Crippen LogP contribution in [-0.2, 0) is 14.8 Å². The molecular weight excluding hydrogens is 446 g/mol. The van der Waals surface area contributed by atoms with E-state index in [4.69, 9.17) is 11.6 Å². The highest BCUT2D eigenvalue weighted by Gasteiger charge is 2.28. The summed E-state index contributed by atoms with van der Waals surface area (Å²) in [6, 6.07) is 20.5. The average molecular weight is 470 g/mol. The van der Waals surface area contributed by atoms with Gasteiger partial charge in [-0.2, -0.15) is 5.10 Å². The van der Waals surface area contributed by atoms with Gasteiger partial charge >= 0.3 is 0 Å². The molecule has 0 fully saturated rings. The SMILES string of the molecule is C/C(=N/NC(=O)CN(c1ccc(Cl)cc1C)S(=O)(=O)c1ccccc1)c1ccc(C)cc1. The van der Waals surface area contributed by atoms with Gasteiger partial charge in [0.25, 0.3) is 15.9 Å². The summed E-state index contributed by atoms with van der Waals surface area (Å²) >= 11 is 6.05. The molecule has 0 spiro atoms. The minimum absolute atomic E-state index is 0.0847. The second kappa shape index (κ2) is 9.97. The Morgan fingerprint density at radius 1 is 1.00 bits per heavy atom. The highest BCUT2D eigenvalue weighted by atomic mass is 35.5. The predicted octanol–water partition coefficient (Wildman–Crippen LogP) is 4.69. The lowest BCUT2D eigenvalue weighted by Gasteiger charge is -2.25. The van der Waals surface area contributed by atoms with Crippen molar-refractivity contribution in [3.63, 3.8) is 0 Å². The molecule has 166 valence electrons. The number of nitrogens with zero attached hydrogens (tertiary/aromatic N) is 2. The van der Waals surface area contributed by atoms with Crippen molar-refractivity contribution in [2.24, 2.45) is 5.10 Å². The summed E-state index contributed by atoms with van der Waals surface area (Å²) in [5, 5.41) is 4.61. The van der Waals surface area contributed by atoms with E-state index < -0.39 is 22.5 Å². The Bertz CT molecular complexity index is 1240. The number of anilines is 1. The molecule has 0 unspecified atom stereocenters. The zero-order chi connectivity index (χ0) is 23.3. The number of halogens is 1. The number of sulfonamides is 1. The fourth-order valence-corrected chi connectivity index (χ4v) is 4.82. The first kappa shape index (κ1) is 23.5. The van der Waals surface area contributed by atoms with Crippen LogP contribution in [0.5, 0.6) is 0 Å². The van der Waals surface area contributed by atoms with Gasteiger partial charge in [0, 0.05) is 5.02 Å². The van der Waals surface area contributed by atoms with Gasteiger partial charge in [-0.15, -0.1) is 0 Å². The van der Waals surface area contributed by atoms with E-state index in [9.17, 15) is 13.2 Å². The molecule has 3 aromatic carbocycles. The fraction of sp³-hybridized carbons (Fsp3) is 0.167. The number of carbonyl (C=O) groups excluding carboxylic acids is 1. The predicted molar refractivity (Wildman–Crippen MR) is 129 cm³/mol. The molecule has 1 N–H and O–H groups in total. The van der Waals surface area contributed by atoms with E-state index in [2.05, 4.69) is 10.5 Å². The molecule has 6 nitrogen and oxygen atoms in total. The molecule has 0 atom stereocenters. The molecule has 3 aromatic rings. The van der Waals surface area contributed by atoms with Gasteiger partial charge in [-0.05, 0) is 62.2 Å². The maximum absolute atomic E-state index is 13.4. The monoisotopic (exact) mass is 469 g/mol. The summed E-state index contributed by atoms with van der Waals surface area (Å²) in [7, 11) is -4.00. The molecular formula is C24H24ClN3O3S. The van der Waals surface area contributed by atoms with Gasteiger partial charge in [-0.1, -0.05) is 59.6 Å². The molecule has 32 heavy (non-hydrogen) atoms. The van der Waals surface area contributed by atoms with Gasteiger partial charge in [0.1, 0.15) is 6.54 Å². The molecule has 0 aliphatic heterocycles. The lowest BCUT2D eigenvalue weighted by molar-refractivity contribution is -0.119. The van der Waals surface area contributed by atoms with Gasteiger partial charge < -0.3 is 0 Å². The molecule has 0 saturated heterocycles. The molecule has 0 saturated carbocycles. The number of hydrogen-bond acceptors (Lipinski definition) is 4. The summed E-state index contributed by atoms with van der Waals surface area (Å²) < 4.78 is 27.8. The van der Waals surface area contributed by atoms with Crippen LogP contribution < -0.4 is 9.73 Å². The number of hydrazone groups is 1. The van der Waals surface area contributed by atoms with Crippen molar-refractivity contribution in [3.8, 4) is 0 Å². The van der Waals surface area contributed by atoms with Crippen molar-refractivity contribution in [1.82, 2.24) is 5.43 Å². The van der Waals surface area contributed by atoms with E-state index >= 15 is 0 Å². The fourth-order valence-electron chi connectivity index (χ4n) is 3.09. The Morgan fingerprint density at radius 3 is 2.28 bits per heavy atom. The van der Waals surface area contributed by atoms with Crippen molar-refractivity contribution in [2.45, 2.75) is 25.7 Å². The maximum atomic E-state index is 13.4. The number of aryl methyl sites for hydroxylation is 2. The quantitative estimate of drug-likeness (QED) is 0.402. The number of amides is 1. The van der Waals surface area contributed by atoms with Gasteiger partial charge in [-0.3, -0.25) is 9.10 Å². The Kier molecular flexibility index (Phi) is 7.33. The second-order valence-electron chi connectivity index (χ2n) is 7.35. The van der Waals surface area contributed by atoms with Crippen molar-refractivity contribution < 1.29 is 13.2 Å². The smallest absolute Gasteiger partial charge is 0.264 e. The van der Waals surface area contributed by atoms with Gasteiger partial charge in [-0.25, -0.2) is 13.8 Å².